The van der Waals surface area contributed by atoms with Gasteiger partial charge in [0.25, 0.3) is 0 Å². The van der Waals surface area contributed by atoms with Crippen molar-refractivity contribution in [3.63, 3.8) is 0 Å². The number of hydrogen-bond donors (Lipinski definition) is 2. The molecule has 0 radical (unpaired) electrons. The number of thioether (sulfide) groups is 2. The van der Waals surface area contributed by atoms with Crippen LogP contribution in [0.5, 0.6) is 0 Å². The maximum absolute atomic E-state index is 12.8. The molecule has 3 aliphatic rings. The summed E-state index contributed by atoms with van der Waals surface area (Å²) in [5.74, 6) is -0.936. The Morgan fingerprint density at radius 3 is 2.44 bits per heavy atom. The molecule has 8 nitrogen and oxygen atoms in total. The lowest BCUT2D eigenvalue weighted by atomic mass is 9.94. The summed E-state index contributed by atoms with van der Waals surface area (Å²) in [6, 6.07) is -2.27. The third kappa shape index (κ3) is 3.30. The molecule has 27 heavy (non-hydrogen) atoms. The first-order valence-electron chi connectivity index (χ1n) is 8.78. The van der Waals surface area contributed by atoms with Gasteiger partial charge in [-0.05, 0) is 13.8 Å². The fraction of sp³-hybridized carbons (Fsp3) is 0.765. The molecule has 3 fully saturated rings. The number of β-lactam (4-membered cyclic amide) rings is 1. The van der Waals surface area contributed by atoms with Gasteiger partial charge < -0.3 is 20.2 Å². The number of nitrogens with one attached hydrogen (secondary N) is 1. The van der Waals surface area contributed by atoms with Gasteiger partial charge in [-0.1, -0.05) is 20.8 Å². The zero-order chi connectivity index (χ0) is 20.3. The number of fused-ring (bicyclic) bond motifs is 1. The van der Waals surface area contributed by atoms with E-state index in [0.717, 1.165) is 0 Å². The van der Waals surface area contributed by atoms with Crippen LogP contribution >= 0.6 is 23.5 Å². The minimum Gasteiger partial charge on any atom is -0.480 e. The van der Waals surface area contributed by atoms with Crippen molar-refractivity contribution in [2.45, 2.75) is 62.9 Å². The highest BCUT2D eigenvalue weighted by Crippen LogP contribution is 2.50. The van der Waals surface area contributed by atoms with Gasteiger partial charge in [-0.15, -0.1) is 23.5 Å². The Kier molecular flexibility index (Phi) is 4.95. The zero-order valence-electron chi connectivity index (χ0n) is 16.0. The molecule has 0 aromatic carbocycles. The summed E-state index contributed by atoms with van der Waals surface area (Å²) < 4.78 is -0.636. The molecule has 0 saturated carbocycles. The molecule has 0 spiro atoms. The Labute approximate surface area is 166 Å². The van der Waals surface area contributed by atoms with E-state index in [1.165, 1.54) is 28.4 Å². The summed E-state index contributed by atoms with van der Waals surface area (Å²) in [7, 11) is 0. The van der Waals surface area contributed by atoms with Crippen LogP contribution in [0.2, 0.25) is 0 Å². The van der Waals surface area contributed by atoms with Gasteiger partial charge in [0.15, 0.2) is 0 Å². The number of carbonyl (C=O) groups excluding carboxylic acids is 3. The summed E-state index contributed by atoms with van der Waals surface area (Å²) in [5.41, 5.74) is -0.591. The highest BCUT2D eigenvalue weighted by atomic mass is 32.2. The van der Waals surface area contributed by atoms with Crippen LogP contribution in [0.15, 0.2) is 0 Å². The zero-order valence-corrected chi connectivity index (χ0v) is 17.6. The van der Waals surface area contributed by atoms with Crippen LogP contribution in [0.1, 0.15) is 34.6 Å². The molecule has 10 heteroatoms. The van der Waals surface area contributed by atoms with Gasteiger partial charge in [-0.25, -0.2) is 4.79 Å². The number of carboxylic acids is 1. The van der Waals surface area contributed by atoms with Crippen LogP contribution in [-0.2, 0) is 19.2 Å². The van der Waals surface area contributed by atoms with Gasteiger partial charge >= 0.3 is 5.97 Å². The number of hydrogen-bond acceptors (Lipinski definition) is 6. The van der Waals surface area contributed by atoms with Crippen molar-refractivity contribution < 1.29 is 24.3 Å². The van der Waals surface area contributed by atoms with Crippen LogP contribution in [0, 0.1) is 5.41 Å². The van der Waals surface area contributed by atoms with Crippen molar-refractivity contribution in [2.75, 3.05) is 11.6 Å². The summed E-state index contributed by atoms with van der Waals surface area (Å²) in [6.45, 7) is 9.01. The molecule has 150 valence electrons. The maximum Gasteiger partial charge on any atom is 0.327 e. The van der Waals surface area contributed by atoms with Gasteiger partial charge in [0.1, 0.15) is 23.5 Å². The van der Waals surface area contributed by atoms with Gasteiger partial charge in [0.2, 0.25) is 17.7 Å². The standard InChI is InChI=1S/C17H25N3O5S2/c1-16(2,3)15(25)19-7-26-6-8(19)11(21)18-9-12(22)20-10(14(23)24)17(4,5)27-13(9)20/h8-10,13H,6-7H2,1-5H3,(H,18,21)(H,23,24)/t8?,9-,10+,13-/m1/s1. The number of aliphatic carboxylic acids is 1. The third-order valence-corrected chi connectivity index (χ3v) is 7.64. The number of carboxylic acid groups (broad SMARTS) is 1. The number of amides is 3. The molecule has 1 unspecified atom stereocenters. The van der Waals surface area contributed by atoms with E-state index in [4.69, 9.17) is 0 Å². The SMILES string of the molecule is CC(C)(C)C(=O)N1CSCC1C(=O)N[C@@H]1C(=O)N2[C@@H]1SC(C)(C)[C@@H]2C(=O)O. The fourth-order valence-electron chi connectivity index (χ4n) is 3.69. The average Bonchev–Trinajstić information content (AvgIpc) is 3.11. The molecule has 2 N–H and O–H groups in total. The smallest absolute Gasteiger partial charge is 0.327 e. The van der Waals surface area contributed by atoms with Crippen LogP contribution < -0.4 is 5.32 Å². The molecule has 0 aromatic rings. The van der Waals surface area contributed by atoms with E-state index in [0.29, 0.717) is 11.6 Å². The van der Waals surface area contributed by atoms with E-state index >= 15 is 0 Å². The van der Waals surface area contributed by atoms with Crippen molar-refractivity contribution in [3.8, 4) is 0 Å². The number of nitrogens with zero attached hydrogens (tertiary/aromatic N) is 2. The van der Waals surface area contributed by atoms with Gasteiger partial charge in [0, 0.05) is 15.9 Å². The second-order valence-electron chi connectivity index (χ2n) is 8.63. The van der Waals surface area contributed by atoms with Crippen LogP contribution in [-0.4, -0.2) is 78.5 Å². The second kappa shape index (κ2) is 6.58. The Balaban J connectivity index is 1.70. The molecule has 4 atom stereocenters. The first kappa shape index (κ1) is 20.3. The van der Waals surface area contributed by atoms with E-state index in [1.807, 2.05) is 20.8 Å². The number of carbonyl (C=O) groups is 4. The summed E-state index contributed by atoms with van der Waals surface area (Å²) in [4.78, 5) is 52.4. The molecular weight excluding hydrogens is 390 g/mol. The first-order chi connectivity index (χ1) is 12.4. The van der Waals surface area contributed by atoms with Gasteiger partial charge in [0.05, 0.1) is 5.88 Å². The van der Waals surface area contributed by atoms with Gasteiger partial charge in [-0.3, -0.25) is 14.4 Å². The topological polar surface area (TPSA) is 107 Å². The molecule has 3 rings (SSSR count). The van der Waals surface area contributed by atoms with Crippen molar-refractivity contribution in [2.24, 2.45) is 5.41 Å². The maximum atomic E-state index is 12.8. The van der Waals surface area contributed by atoms with E-state index < -0.39 is 39.6 Å². The molecule has 3 aliphatic heterocycles. The van der Waals surface area contributed by atoms with Crippen LogP contribution in [0.25, 0.3) is 0 Å². The molecule has 0 bridgehead atoms. The Morgan fingerprint density at radius 1 is 1.26 bits per heavy atom. The van der Waals surface area contributed by atoms with E-state index in [2.05, 4.69) is 5.32 Å². The molecule has 0 aliphatic carbocycles. The Hall–Kier alpha value is -1.42. The van der Waals surface area contributed by atoms with E-state index in [1.54, 1.807) is 18.7 Å². The molecular formula is C17H25N3O5S2. The molecule has 3 saturated heterocycles. The normalized spacial score (nSPS) is 32.1. The first-order valence-corrected chi connectivity index (χ1v) is 10.8. The van der Waals surface area contributed by atoms with E-state index in [-0.39, 0.29) is 17.7 Å². The fourth-order valence-corrected chi connectivity index (χ4v) is 6.46. The quantitative estimate of drug-likeness (QED) is 0.649. The largest absolute Gasteiger partial charge is 0.480 e. The Morgan fingerprint density at radius 2 is 1.89 bits per heavy atom. The molecule has 0 aromatic heterocycles. The Bertz CT molecular complexity index is 705. The predicted octanol–water partition coefficient (Wildman–Crippen LogP) is 0.566. The van der Waals surface area contributed by atoms with Crippen molar-refractivity contribution in [1.82, 2.24) is 15.1 Å². The highest BCUT2D eigenvalue weighted by molar-refractivity contribution is 8.01. The minimum absolute atomic E-state index is 0.100. The van der Waals surface area contributed by atoms with Crippen molar-refractivity contribution >= 4 is 47.2 Å². The average molecular weight is 416 g/mol. The lowest BCUT2D eigenvalue weighted by Gasteiger charge is -2.44. The summed E-state index contributed by atoms with van der Waals surface area (Å²) in [5, 5.41) is 11.8. The molecule has 3 amide bonds. The third-order valence-electron chi connectivity index (χ3n) is 5.06. The van der Waals surface area contributed by atoms with Gasteiger partial charge in [-0.2, -0.15) is 0 Å². The van der Waals surface area contributed by atoms with Crippen molar-refractivity contribution in [3.05, 3.63) is 0 Å². The predicted molar refractivity (Wildman–Crippen MR) is 103 cm³/mol. The molecule has 3 heterocycles. The number of rotatable bonds is 3. The lowest BCUT2D eigenvalue weighted by Crippen LogP contribution is -2.71. The van der Waals surface area contributed by atoms with Crippen molar-refractivity contribution in [1.29, 1.82) is 0 Å². The summed E-state index contributed by atoms with van der Waals surface area (Å²) >= 11 is 2.89. The van der Waals surface area contributed by atoms with E-state index in [9.17, 15) is 24.3 Å². The highest BCUT2D eigenvalue weighted by Gasteiger charge is 2.64. The monoisotopic (exact) mass is 415 g/mol. The second-order valence-corrected chi connectivity index (χ2v) is 11.4. The van der Waals surface area contributed by atoms with Crippen LogP contribution in [0.4, 0.5) is 0 Å². The van der Waals surface area contributed by atoms with Crippen LogP contribution in [0.3, 0.4) is 0 Å². The lowest BCUT2D eigenvalue weighted by molar-refractivity contribution is -0.161. The summed E-state index contributed by atoms with van der Waals surface area (Å²) in [6.07, 6.45) is 0. The minimum atomic E-state index is -1.04.